The number of benzene rings is 1. The molecule has 0 aliphatic rings. The van der Waals surface area contributed by atoms with Crippen molar-refractivity contribution in [3.05, 3.63) is 60.9 Å². The second kappa shape index (κ2) is 7.87. The van der Waals surface area contributed by atoms with E-state index < -0.39 is 10.0 Å². The van der Waals surface area contributed by atoms with Gasteiger partial charge in [0.05, 0.1) is 24.7 Å². The molecule has 0 aliphatic heterocycles. The van der Waals surface area contributed by atoms with Gasteiger partial charge in [-0.1, -0.05) is 29.4 Å². The van der Waals surface area contributed by atoms with Gasteiger partial charge in [-0.15, -0.1) is 0 Å². The van der Waals surface area contributed by atoms with Crippen LogP contribution in [0.1, 0.15) is 5.69 Å². The van der Waals surface area contributed by atoms with Crippen LogP contribution in [0.15, 0.2) is 64.6 Å². The molecule has 152 valence electrons. The molecule has 0 atom stereocenters. The van der Waals surface area contributed by atoms with E-state index >= 15 is 0 Å². The minimum Gasteiger partial charge on any atom is -0.478 e. The maximum atomic E-state index is 13.1. The molecule has 0 unspecified atom stereocenters. The number of aryl methyl sites for hydroxylation is 1. The van der Waals surface area contributed by atoms with Gasteiger partial charge in [-0.3, -0.25) is 9.71 Å². The number of methoxy groups -OCH3 is 1. The van der Waals surface area contributed by atoms with Crippen LogP contribution in [-0.4, -0.2) is 40.6 Å². The van der Waals surface area contributed by atoms with E-state index in [-0.39, 0.29) is 22.3 Å². The lowest BCUT2D eigenvalue weighted by Gasteiger charge is -2.13. The summed E-state index contributed by atoms with van der Waals surface area (Å²) in [6.45, 7) is 1.73. The first-order valence-electron chi connectivity index (χ1n) is 8.70. The first-order chi connectivity index (χ1) is 14.5. The number of aromatic nitrogens is 5. The van der Waals surface area contributed by atoms with Crippen molar-refractivity contribution < 1.29 is 17.7 Å². The van der Waals surface area contributed by atoms with Crippen LogP contribution in [0.3, 0.4) is 0 Å². The van der Waals surface area contributed by atoms with Gasteiger partial charge in [-0.25, -0.2) is 18.4 Å². The molecule has 1 N–H and O–H groups in total. The Kier molecular flexibility index (Phi) is 5.11. The molecular weight excluding hydrogens is 408 g/mol. The van der Waals surface area contributed by atoms with Crippen LogP contribution in [0, 0.1) is 6.92 Å². The van der Waals surface area contributed by atoms with Crippen molar-refractivity contribution in [3.63, 3.8) is 0 Å². The van der Waals surface area contributed by atoms with Crippen LogP contribution in [0.4, 0.5) is 5.82 Å². The Labute approximate surface area is 172 Å². The van der Waals surface area contributed by atoms with Crippen LogP contribution in [0.2, 0.25) is 0 Å². The fourth-order valence-corrected chi connectivity index (χ4v) is 3.94. The smallest absolute Gasteiger partial charge is 0.265 e. The van der Waals surface area contributed by atoms with E-state index in [1.807, 2.05) is 0 Å². The van der Waals surface area contributed by atoms with Gasteiger partial charge < -0.3 is 9.26 Å². The Morgan fingerprint density at radius 2 is 1.80 bits per heavy atom. The molecule has 4 aromatic rings. The molecule has 1 aromatic carbocycles. The number of rotatable bonds is 6. The van der Waals surface area contributed by atoms with Crippen LogP contribution >= 0.6 is 0 Å². The Bertz CT molecular complexity index is 1270. The van der Waals surface area contributed by atoms with Crippen LogP contribution < -0.4 is 9.46 Å². The first kappa shape index (κ1) is 19.5. The topological polar surface area (TPSA) is 133 Å². The van der Waals surface area contributed by atoms with Gasteiger partial charge in [0.2, 0.25) is 18.0 Å². The third-order valence-electron chi connectivity index (χ3n) is 4.12. The van der Waals surface area contributed by atoms with E-state index in [4.69, 9.17) is 9.26 Å². The number of sulfonamides is 1. The molecule has 30 heavy (non-hydrogen) atoms. The van der Waals surface area contributed by atoms with Crippen molar-refractivity contribution in [1.29, 1.82) is 0 Å². The molecule has 11 heteroatoms. The maximum absolute atomic E-state index is 13.1. The maximum Gasteiger partial charge on any atom is 0.265 e. The van der Waals surface area contributed by atoms with E-state index in [0.29, 0.717) is 17.1 Å². The minimum absolute atomic E-state index is 0.00893. The second-order valence-corrected chi connectivity index (χ2v) is 7.81. The summed E-state index contributed by atoms with van der Waals surface area (Å²) in [6, 6.07) is 9.99. The van der Waals surface area contributed by atoms with Gasteiger partial charge in [0.1, 0.15) is 4.90 Å². The van der Waals surface area contributed by atoms with Crippen molar-refractivity contribution in [2.45, 2.75) is 11.8 Å². The molecule has 0 saturated heterocycles. The van der Waals surface area contributed by atoms with Crippen molar-refractivity contribution >= 4 is 15.8 Å². The highest BCUT2D eigenvalue weighted by atomic mass is 32.2. The van der Waals surface area contributed by atoms with Crippen LogP contribution in [0.5, 0.6) is 5.88 Å². The first-order valence-corrected chi connectivity index (χ1v) is 10.2. The zero-order chi connectivity index (χ0) is 21.1. The quantitative estimate of drug-likeness (QED) is 0.496. The molecule has 0 amide bonds. The zero-order valence-corrected chi connectivity index (χ0v) is 16.8. The van der Waals surface area contributed by atoms with E-state index in [2.05, 4.69) is 29.8 Å². The fraction of sp³-hybridized carbons (Fsp3) is 0.105. The summed E-state index contributed by atoms with van der Waals surface area (Å²) >= 11 is 0. The summed E-state index contributed by atoms with van der Waals surface area (Å²) in [5.41, 5.74) is 2.21. The third kappa shape index (κ3) is 3.82. The molecule has 0 saturated carbocycles. The van der Waals surface area contributed by atoms with E-state index in [0.717, 1.165) is 5.56 Å². The van der Waals surface area contributed by atoms with E-state index in [1.54, 1.807) is 37.3 Å². The molecule has 3 heterocycles. The average Bonchev–Trinajstić information content (AvgIpc) is 3.30. The van der Waals surface area contributed by atoms with Crippen molar-refractivity contribution in [2.24, 2.45) is 0 Å². The zero-order valence-electron chi connectivity index (χ0n) is 16.0. The summed E-state index contributed by atoms with van der Waals surface area (Å²) in [5.74, 6) is 0.501. The lowest BCUT2D eigenvalue weighted by Crippen LogP contribution is -2.16. The summed E-state index contributed by atoms with van der Waals surface area (Å²) < 4.78 is 38.5. The summed E-state index contributed by atoms with van der Waals surface area (Å²) in [6.07, 6.45) is 4.20. The lowest BCUT2D eigenvalue weighted by molar-refractivity contribution is 0.397. The predicted octanol–water partition coefficient (Wildman–Crippen LogP) is 2.71. The molecule has 0 radical (unpaired) electrons. The molecule has 0 spiro atoms. The number of hydrogen-bond donors (Lipinski definition) is 1. The van der Waals surface area contributed by atoms with Gasteiger partial charge in [-0.2, -0.15) is 4.98 Å². The molecule has 4 rings (SSSR count). The van der Waals surface area contributed by atoms with Gasteiger partial charge in [-0.05, 0) is 19.1 Å². The standard InChI is InChI=1S/C19H16N6O4S/c1-12-10-21-18(19(23-12)28-2)25-30(26,27)15-4-3-9-20-16(15)13-5-7-14(8-6-13)17-22-11-29-24-17/h3-11H,1-2H3,(H,21,25). The van der Waals surface area contributed by atoms with Gasteiger partial charge in [0.15, 0.2) is 0 Å². The van der Waals surface area contributed by atoms with Gasteiger partial charge in [0, 0.05) is 17.3 Å². The predicted molar refractivity (Wildman–Crippen MR) is 107 cm³/mol. The molecular formula is C19H16N6O4S. The van der Waals surface area contributed by atoms with Crippen LogP contribution in [0.25, 0.3) is 22.6 Å². The average molecular weight is 424 g/mol. The summed E-state index contributed by atoms with van der Waals surface area (Å²) in [7, 11) is -2.63. The number of ether oxygens (including phenoxy) is 1. The number of hydrogen-bond acceptors (Lipinski definition) is 9. The highest BCUT2D eigenvalue weighted by Gasteiger charge is 2.23. The van der Waals surface area contributed by atoms with Crippen molar-refractivity contribution in [3.8, 4) is 28.5 Å². The third-order valence-corrected chi connectivity index (χ3v) is 5.49. The Morgan fingerprint density at radius 3 is 2.50 bits per heavy atom. The Balaban J connectivity index is 1.71. The number of anilines is 1. The van der Waals surface area contributed by atoms with Gasteiger partial charge >= 0.3 is 0 Å². The number of nitrogens with one attached hydrogen (secondary N) is 1. The normalized spacial score (nSPS) is 11.3. The Hall–Kier alpha value is -3.86. The number of pyridine rings is 1. The molecule has 0 aliphatic carbocycles. The molecule has 3 aromatic heterocycles. The number of nitrogens with zero attached hydrogens (tertiary/aromatic N) is 5. The lowest BCUT2D eigenvalue weighted by atomic mass is 10.1. The van der Waals surface area contributed by atoms with Crippen molar-refractivity contribution in [2.75, 3.05) is 11.8 Å². The highest BCUT2D eigenvalue weighted by Crippen LogP contribution is 2.29. The van der Waals surface area contributed by atoms with E-state index in [1.165, 1.54) is 32.0 Å². The van der Waals surface area contributed by atoms with Crippen LogP contribution in [-0.2, 0) is 10.0 Å². The highest BCUT2D eigenvalue weighted by molar-refractivity contribution is 7.92. The minimum atomic E-state index is -4.03. The largest absolute Gasteiger partial charge is 0.478 e. The molecule has 0 bridgehead atoms. The fourth-order valence-electron chi connectivity index (χ4n) is 2.75. The molecule has 10 nitrogen and oxygen atoms in total. The molecule has 0 fully saturated rings. The second-order valence-electron chi connectivity index (χ2n) is 6.16. The monoisotopic (exact) mass is 424 g/mol. The summed E-state index contributed by atoms with van der Waals surface area (Å²) in [4.78, 5) is 16.5. The summed E-state index contributed by atoms with van der Waals surface area (Å²) in [5, 5.41) is 3.78. The SMILES string of the molecule is COc1nc(C)cnc1NS(=O)(=O)c1cccnc1-c1ccc(-c2ncon2)cc1. The Morgan fingerprint density at radius 1 is 1.03 bits per heavy atom. The van der Waals surface area contributed by atoms with Crippen molar-refractivity contribution in [1.82, 2.24) is 25.1 Å². The van der Waals surface area contributed by atoms with Gasteiger partial charge in [0.25, 0.3) is 15.9 Å². The van der Waals surface area contributed by atoms with E-state index in [9.17, 15) is 8.42 Å².